The lowest BCUT2D eigenvalue weighted by Gasteiger charge is -2.22. The van der Waals surface area contributed by atoms with Crippen molar-refractivity contribution in [3.63, 3.8) is 0 Å². The molecule has 6 nitrogen and oxygen atoms in total. The normalized spacial score (nSPS) is 11.0. The Morgan fingerprint density at radius 1 is 1.36 bits per heavy atom. The molecule has 0 fully saturated rings. The third kappa shape index (κ3) is 10.7. The van der Waals surface area contributed by atoms with Crippen LogP contribution in [-0.4, -0.2) is 75.7 Å². The maximum absolute atomic E-state index is 11.8. The molecule has 1 heterocycles. The summed E-state index contributed by atoms with van der Waals surface area (Å²) in [6.07, 6.45) is 1.88. The monoisotopic (exact) mass is 482 g/mol. The molecule has 0 atom stereocenters. The van der Waals surface area contributed by atoms with Crippen LogP contribution in [0.2, 0.25) is 0 Å². The first kappa shape index (κ1) is 24.1. The molecular formula is C17H31IN4O2S. The number of carbonyl (C=O) groups excluding carboxylic acids is 1. The molecule has 0 bridgehead atoms. The molecule has 8 heteroatoms. The molecular weight excluding hydrogens is 451 g/mol. The molecule has 25 heavy (non-hydrogen) atoms. The van der Waals surface area contributed by atoms with Crippen molar-refractivity contribution in [2.75, 3.05) is 54.0 Å². The van der Waals surface area contributed by atoms with Crippen molar-refractivity contribution in [1.29, 1.82) is 0 Å². The molecule has 1 amide bonds. The Kier molecular flexibility index (Phi) is 13.8. The number of halogens is 1. The van der Waals surface area contributed by atoms with Crippen molar-refractivity contribution < 1.29 is 9.53 Å². The van der Waals surface area contributed by atoms with E-state index in [4.69, 9.17) is 4.74 Å². The Balaban J connectivity index is 0.00000576. The fourth-order valence-corrected chi connectivity index (χ4v) is 2.65. The van der Waals surface area contributed by atoms with E-state index in [1.807, 2.05) is 14.0 Å². The Labute approximate surface area is 172 Å². The zero-order chi connectivity index (χ0) is 17.8. The number of hydrogen-bond acceptors (Lipinski definition) is 4. The standard InChI is InChI=1S/C17H30N4O2S.HI/c1-5-23-12-7-10-18-17(19-14-16(22)20(2)3)21(4)11-9-15-8-6-13-24-15;/h6,8,13H,5,7,9-12,14H2,1-4H3,(H,18,19);1H. The highest BCUT2D eigenvalue weighted by Gasteiger charge is 2.09. The zero-order valence-corrected chi connectivity index (χ0v) is 18.8. The van der Waals surface area contributed by atoms with Crippen molar-refractivity contribution in [1.82, 2.24) is 15.1 Å². The number of amides is 1. The topological polar surface area (TPSA) is 57.2 Å². The first-order chi connectivity index (χ1) is 11.5. The molecule has 0 aromatic carbocycles. The SMILES string of the molecule is CCOCCCNC(=NCC(=O)N(C)C)N(C)CCc1cccs1.I. The average Bonchev–Trinajstić information content (AvgIpc) is 3.08. The molecule has 0 aliphatic heterocycles. The molecule has 1 N–H and O–H groups in total. The second-order valence-corrected chi connectivity index (χ2v) is 6.69. The van der Waals surface area contributed by atoms with Gasteiger partial charge in [-0.1, -0.05) is 6.07 Å². The van der Waals surface area contributed by atoms with E-state index in [9.17, 15) is 4.79 Å². The lowest BCUT2D eigenvalue weighted by molar-refractivity contribution is -0.127. The maximum atomic E-state index is 11.8. The number of rotatable bonds is 10. The molecule has 0 unspecified atom stereocenters. The zero-order valence-electron chi connectivity index (χ0n) is 15.7. The molecule has 144 valence electrons. The number of nitrogens with zero attached hydrogens (tertiary/aromatic N) is 3. The minimum absolute atomic E-state index is 0. The van der Waals surface area contributed by atoms with Gasteiger partial charge in [0.2, 0.25) is 5.91 Å². The molecule has 0 aliphatic carbocycles. The van der Waals surface area contributed by atoms with Gasteiger partial charge in [-0.25, -0.2) is 4.99 Å². The van der Waals surface area contributed by atoms with E-state index in [-0.39, 0.29) is 36.4 Å². The minimum Gasteiger partial charge on any atom is -0.382 e. The molecule has 0 spiro atoms. The van der Waals surface area contributed by atoms with Crippen LogP contribution in [0.1, 0.15) is 18.2 Å². The van der Waals surface area contributed by atoms with Crippen LogP contribution in [0, 0.1) is 0 Å². The lowest BCUT2D eigenvalue weighted by Crippen LogP contribution is -2.41. The number of thiophene rings is 1. The van der Waals surface area contributed by atoms with Crippen LogP contribution in [0.5, 0.6) is 0 Å². The van der Waals surface area contributed by atoms with Gasteiger partial charge < -0.3 is 19.9 Å². The third-order valence-corrected chi connectivity index (χ3v) is 4.39. The molecule has 1 aromatic heterocycles. The van der Waals surface area contributed by atoms with Gasteiger partial charge in [-0.2, -0.15) is 0 Å². The van der Waals surface area contributed by atoms with Gasteiger partial charge in [0.1, 0.15) is 6.54 Å². The Bertz CT molecular complexity index is 495. The van der Waals surface area contributed by atoms with Crippen LogP contribution >= 0.6 is 35.3 Å². The van der Waals surface area contributed by atoms with E-state index in [1.165, 1.54) is 4.88 Å². The maximum Gasteiger partial charge on any atom is 0.243 e. The highest BCUT2D eigenvalue weighted by Crippen LogP contribution is 2.09. The van der Waals surface area contributed by atoms with Crippen molar-refractivity contribution in [2.45, 2.75) is 19.8 Å². The van der Waals surface area contributed by atoms with Gasteiger partial charge in [-0.05, 0) is 31.2 Å². The molecule has 1 rings (SSSR count). The van der Waals surface area contributed by atoms with E-state index in [2.05, 4.69) is 32.7 Å². The summed E-state index contributed by atoms with van der Waals surface area (Å²) in [5.41, 5.74) is 0. The summed E-state index contributed by atoms with van der Waals surface area (Å²) in [5.74, 6) is 0.758. The number of nitrogens with one attached hydrogen (secondary N) is 1. The van der Waals surface area contributed by atoms with Gasteiger partial charge in [-0.15, -0.1) is 35.3 Å². The summed E-state index contributed by atoms with van der Waals surface area (Å²) in [6.45, 7) is 5.24. The summed E-state index contributed by atoms with van der Waals surface area (Å²) in [4.78, 5) is 21.2. The van der Waals surface area contributed by atoms with Crippen molar-refractivity contribution in [2.24, 2.45) is 4.99 Å². The number of likely N-dealkylation sites (N-methyl/N-ethyl adjacent to an activating group) is 2. The van der Waals surface area contributed by atoms with Crippen molar-refractivity contribution in [3.8, 4) is 0 Å². The fraction of sp³-hybridized carbons (Fsp3) is 0.647. The number of hydrogen-bond donors (Lipinski definition) is 1. The summed E-state index contributed by atoms with van der Waals surface area (Å²) in [6, 6.07) is 4.21. The predicted molar refractivity (Wildman–Crippen MR) is 116 cm³/mol. The van der Waals surface area contributed by atoms with Crippen LogP contribution in [0.3, 0.4) is 0 Å². The van der Waals surface area contributed by atoms with E-state index >= 15 is 0 Å². The highest BCUT2D eigenvalue weighted by atomic mass is 127. The summed E-state index contributed by atoms with van der Waals surface area (Å²) < 4.78 is 5.35. The Morgan fingerprint density at radius 3 is 2.72 bits per heavy atom. The Hall–Kier alpha value is -0.870. The fourth-order valence-electron chi connectivity index (χ4n) is 1.95. The van der Waals surface area contributed by atoms with Crippen LogP contribution in [0.25, 0.3) is 0 Å². The first-order valence-corrected chi connectivity index (χ1v) is 9.22. The smallest absolute Gasteiger partial charge is 0.243 e. The van der Waals surface area contributed by atoms with Gasteiger partial charge in [-0.3, -0.25) is 4.79 Å². The van der Waals surface area contributed by atoms with Crippen molar-refractivity contribution >= 4 is 47.2 Å². The number of aliphatic imine (C=N–C) groups is 1. The van der Waals surface area contributed by atoms with E-state index in [0.29, 0.717) is 0 Å². The number of guanidine groups is 1. The number of ether oxygens (including phenoxy) is 1. The van der Waals surface area contributed by atoms with E-state index in [1.54, 1.807) is 30.3 Å². The summed E-state index contributed by atoms with van der Waals surface area (Å²) in [7, 11) is 5.49. The molecule has 0 aliphatic rings. The predicted octanol–water partition coefficient (Wildman–Crippen LogP) is 2.30. The van der Waals surface area contributed by atoms with Gasteiger partial charge in [0.15, 0.2) is 5.96 Å². The second-order valence-electron chi connectivity index (χ2n) is 5.66. The lowest BCUT2D eigenvalue weighted by atomic mass is 10.3. The van der Waals surface area contributed by atoms with Gasteiger partial charge in [0.05, 0.1) is 0 Å². The molecule has 0 radical (unpaired) electrons. The average molecular weight is 482 g/mol. The van der Waals surface area contributed by atoms with Crippen LogP contribution in [-0.2, 0) is 16.0 Å². The van der Waals surface area contributed by atoms with Gasteiger partial charge in [0.25, 0.3) is 0 Å². The quantitative estimate of drug-likeness (QED) is 0.241. The third-order valence-electron chi connectivity index (χ3n) is 3.45. The van der Waals surface area contributed by atoms with Crippen LogP contribution in [0.4, 0.5) is 0 Å². The first-order valence-electron chi connectivity index (χ1n) is 8.34. The molecule has 0 saturated carbocycles. The highest BCUT2D eigenvalue weighted by molar-refractivity contribution is 14.0. The van der Waals surface area contributed by atoms with Gasteiger partial charge in [0, 0.05) is 52.3 Å². The summed E-state index contributed by atoms with van der Waals surface area (Å²) >= 11 is 1.76. The van der Waals surface area contributed by atoms with E-state index in [0.717, 1.165) is 45.1 Å². The number of carbonyl (C=O) groups is 1. The largest absolute Gasteiger partial charge is 0.382 e. The van der Waals surface area contributed by atoms with Crippen molar-refractivity contribution in [3.05, 3.63) is 22.4 Å². The minimum atomic E-state index is -0.00438. The second kappa shape index (κ2) is 14.3. The van der Waals surface area contributed by atoms with Crippen LogP contribution in [0.15, 0.2) is 22.5 Å². The van der Waals surface area contributed by atoms with Crippen LogP contribution < -0.4 is 5.32 Å². The summed E-state index contributed by atoms with van der Waals surface area (Å²) in [5, 5.41) is 5.42. The van der Waals surface area contributed by atoms with E-state index < -0.39 is 0 Å². The molecule has 0 saturated heterocycles. The Morgan fingerprint density at radius 2 is 2.12 bits per heavy atom. The molecule has 1 aromatic rings. The van der Waals surface area contributed by atoms with Gasteiger partial charge >= 0.3 is 0 Å².